The fourth-order valence-corrected chi connectivity index (χ4v) is 2.88. The average Bonchev–Trinajstić information content (AvgIpc) is 2.43. The Balaban J connectivity index is 1.87. The van der Waals surface area contributed by atoms with Crippen LogP contribution in [0.25, 0.3) is 0 Å². The summed E-state index contributed by atoms with van der Waals surface area (Å²) in [4.78, 5) is 13.9. The van der Waals surface area contributed by atoms with Crippen LogP contribution in [0.15, 0.2) is 18.2 Å². The van der Waals surface area contributed by atoms with E-state index in [1.54, 1.807) is 0 Å². The first-order valence-electron chi connectivity index (χ1n) is 8.08. The Hall–Kier alpha value is -1.71. The quantitative estimate of drug-likeness (QED) is 0.846. The highest BCUT2D eigenvalue weighted by Gasteiger charge is 2.27. The van der Waals surface area contributed by atoms with E-state index in [0.29, 0.717) is 5.92 Å². The summed E-state index contributed by atoms with van der Waals surface area (Å²) in [7, 11) is 0. The van der Waals surface area contributed by atoms with Crippen LogP contribution >= 0.6 is 0 Å². The highest BCUT2D eigenvalue weighted by molar-refractivity contribution is 5.68. The van der Waals surface area contributed by atoms with Gasteiger partial charge in [-0.3, -0.25) is 0 Å². The summed E-state index contributed by atoms with van der Waals surface area (Å²) in [5.74, 6) is 0.586. The molecule has 122 valence electrons. The van der Waals surface area contributed by atoms with E-state index in [9.17, 15) is 4.79 Å². The number of carbonyl (C=O) groups excluding carboxylic acids is 1. The van der Waals surface area contributed by atoms with Crippen LogP contribution in [0.2, 0.25) is 0 Å². The van der Waals surface area contributed by atoms with Gasteiger partial charge in [-0.2, -0.15) is 0 Å². The molecular weight excluding hydrogens is 276 g/mol. The molecule has 4 heteroatoms. The lowest BCUT2D eigenvalue weighted by Gasteiger charge is -2.33. The van der Waals surface area contributed by atoms with Crippen LogP contribution in [0, 0.1) is 12.8 Å². The maximum Gasteiger partial charge on any atom is 0.410 e. The molecule has 0 aromatic heterocycles. The molecule has 1 amide bonds. The van der Waals surface area contributed by atoms with E-state index in [2.05, 4.69) is 12.1 Å². The third-order valence-electron chi connectivity index (χ3n) is 4.19. The van der Waals surface area contributed by atoms with Crippen molar-refractivity contribution in [1.29, 1.82) is 0 Å². The van der Waals surface area contributed by atoms with Crippen molar-refractivity contribution < 1.29 is 9.53 Å². The zero-order valence-electron chi connectivity index (χ0n) is 14.2. The second-order valence-corrected chi connectivity index (χ2v) is 7.26. The Labute approximate surface area is 133 Å². The largest absolute Gasteiger partial charge is 0.444 e. The van der Waals surface area contributed by atoms with Gasteiger partial charge in [0.05, 0.1) is 0 Å². The van der Waals surface area contributed by atoms with E-state index in [4.69, 9.17) is 10.5 Å². The van der Waals surface area contributed by atoms with Gasteiger partial charge in [0.2, 0.25) is 0 Å². The van der Waals surface area contributed by atoms with Crippen molar-refractivity contribution in [2.75, 3.05) is 18.8 Å². The summed E-state index contributed by atoms with van der Waals surface area (Å²) in [5, 5.41) is 0. The van der Waals surface area contributed by atoms with Gasteiger partial charge < -0.3 is 15.4 Å². The molecule has 0 aliphatic carbocycles. The zero-order chi connectivity index (χ0) is 16.3. The Kier molecular flexibility index (Phi) is 4.99. The number of likely N-dealkylation sites (tertiary alicyclic amines) is 1. The molecule has 1 aliphatic heterocycles. The zero-order valence-corrected chi connectivity index (χ0v) is 14.2. The second-order valence-electron chi connectivity index (χ2n) is 7.26. The van der Waals surface area contributed by atoms with Crippen LogP contribution in [0.5, 0.6) is 0 Å². The lowest BCUT2D eigenvalue weighted by Crippen LogP contribution is -2.42. The van der Waals surface area contributed by atoms with E-state index in [1.807, 2.05) is 38.7 Å². The van der Waals surface area contributed by atoms with Crippen LogP contribution in [-0.4, -0.2) is 29.7 Å². The van der Waals surface area contributed by atoms with Crippen LogP contribution in [0.1, 0.15) is 44.7 Å². The molecule has 1 aliphatic rings. The van der Waals surface area contributed by atoms with Gasteiger partial charge in [0.15, 0.2) is 0 Å². The number of nitrogens with zero attached hydrogens (tertiary/aromatic N) is 1. The fourth-order valence-electron chi connectivity index (χ4n) is 2.88. The lowest BCUT2D eigenvalue weighted by atomic mass is 9.89. The highest BCUT2D eigenvalue weighted by atomic mass is 16.6. The minimum absolute atomic E-state index is 0.194. The SMILES string of the molecule is Cc1cccc(CC2CCN(C(=O)OC(C)(C)C)CC2)c1N. The monoisotopic (exact) mass is 304 g/mol. The highest BCUT2D eigenvalue weighted by Crippen LogP contribution is 2.26. The summed E-state index contributed by atoms with van der Waals surface area (Å²) in [5.41, 5.74) is 9.02. The van der Waals surface area contributed by atoms with Gasteiger partial charge in [-0.15, -0.1) is 0 Å². The van der Waals surface area contributed by atoms with Gasteiger partial charge in [-0.1, -0.05) is 18.2 Å². The van der Waals surface area contributed by atoms with Crippen molar-refractivity contribution in [2.24, 2.45) is 5.92 Å². The number of piperidine rings is 1. The third kappa shape index (κ3) is 4.39. The smallest absolute Gasteiger partial charge is 0.410 e. The first kappa shape index (κ1) is 16.7. The van der Waals surface area contributed by atoms with E-state index in [-0.39, 0.29) is 6.09 Å². The summed E-state index contributed by atoms with van der Waals surface area (Å²) < 4.78 is 5.43. The molecule has 2 N–H and O–H groups in total. The second kappa shape index (κ2) is 6.59. The molecule has 1 heterocycles. The summed E-state index contributed by atoms with van der Waals surface area (Å²) >= 11 is 0. The van der Waals surface area contributed by atoms with Crippen LogP contribution in [0.3, 0.4) is 0 Å². The third-order valence-corrected chi connectivity index (χ3v) is 4.19. The van der Waals surface area contributed by atoms with E-state index in [0.717, 1.165) is 43.6 Å². The van der Waals surface area contributed by atoms with Gasteiger partial charge in [0.25, 0.3) is 0 Å². The van der Waals surface area contributed by atoms with Gasteiger partial charge in [0.1, 0.15) is 5.60 Å². The summed E-state index contributed by atoms with van der Waals surface area (Å²) in [6, 6.07) is 6.23. The molecule has 1 fully saturated rings. The van der Waals surface area contributed by atoms with Crippen molar-refractivity contribution in [1.82, 2.24) is 4.90 Å². The maximum atomic E-state index is 12.1. The number of nitrogen functional groups attached to an aromatic ring is 1. The van der Waals surface area contributed by atoms with Crippen molar-refractivity contribution >= 4 is 11.8 Å². The van der Waals surface area contributed by atoms with Crippen molar-refractivity contribution in [3.8, 4) is 0 Å². The summed E-state index contributed by atoms with van der Waals surface area (Å²) in [6.45, 7) is 9.29. The van der Waals surface area contributed by atoms with Crippen molar-refractivity contribution in [3.05, 3.63) is 29.3 Å². The molecule has 1 aromatic rings. The molecule has 0 atom stereocenters. The molecule has 0 spiro atoms. The number of amides is 1. The first-order chi connectivity index (χ1) is 10.3. The molecule has 0 saturated carbocycles. The topological polar surface area (TPSA) is 55.6 Å². The van der Waals surface area contributed by atoms with E-state index < -0.39 is 5.60 Å². The fraction of sp³-hybridized carbons (Fsp3) is 0.611. The number of aryl methyl sites for hydroxylation is 1. The Morgan fingerprint density at radius 2 is 1.95 bits per heavy atom. The standard InChI is InChI=1S/C18H28N2O2/c1-13-6-5-7-15(16(13)19)12-14-8-10-20(11-9-14)17(21)22-18(2,3)4/h5-7,14H,8-12,19H2,1-4H3. The van der Waals surface area contributed by atoms with Crippen LogP contribution < -0.4 is 5.73 Å². The number of rotatable bonds is 2. The van der Waals surface area contributed by atoms with Crippen LogP contribution in [0.4, 0.5) is 10.5 Å². The van der Waals surface area contributed by atoms with Gasteiger partial charge in [-0.25, -0.2) is 4.79 Å². The number of ether oxygens (including phenoxy) is 1. The minimum Gasteiger partial charge on any atom is -0.444 e. The number of hydrogen-bond acceptors (Lipinski definition) is 3. The number of nitrogens with two attached hydrogens (primary N) is 1. The minimum atomic E-state index is -0.427. The molecule has 4 nitrogen and oxygen atoms in total. The average molecular weight is 304 g/mol. The van der Waals surface area contributed by atoms with E-state index >= 15 is 0 Å². The van der Waals surface area contributed by atoms with Crippen molar-refractivity contribution in [3.63, 3.8) is 0 Å². The number of benzene rings is 1. The molecule has 22 heavy (non-hydrogen) atoms. The van der Waals surface area contributed by atoms with Gasteiger partial charge >= 0.3 is 6.09 Å². The van der Waals surface area contributed by atoms with Crippen molar-refractivity contribution in [2.45, 2.75) is 52.6 Å². The van der Waals surface area contributed by atoms with Gasteiger partial charge in [0, 0.05) is 18.8 Å². The number of anilines is 1. The Morgan fingerprint density at radius 1 is 1.32 bits per heavy atom. The summed E-state index contributed by atoms with van der Waals surface area (Å²) in [6.07, 6.45) is 2.82. The number of hydrogen-bond donors (Lipinski definition) is 1. The van der Waals surface area contributed by atoms with E-state index in [1.165, 1.54) is 5.56 Å². The lowest BCUT2D eigenvalue weighted by molar-refractivity contribution is 0.0184. The maximum absolute atomic E-state index is 12.1. The predicted octanol–water partition coefficient (Wildman–Crippen LogP) is 3.77. The van der Waals surface area contributed by atoms with Crippen LogP contribution in [-0.2, 0) is 11.2 Å². The Bertz CT molecular complexity index is 526. The molecule has 0 radical (unpaired) electrons. The molecule has 1 saturated heterocycles. The molecule has 2 rings (SSSR count). The molecule has 0 unspecified atom stereocenters. The molecule has 0 bridgehead atoms. The van der Waals surface area contributed by atoms with Gasteiger partial charge in [-0.05, 0) is 64.0 Å². The Morgan fingerprint density at radius 3 is 2.55 bits per heavy atom. The molecule has 1 aromatic carbocycles. The normalized spacial score (nSPS) is 16.6. The molecular formula is C18H28N2O2. The first-order valence-corrected chi connectivity index (χ1v) is 8.08. The predicted molar refractivity (Wildman–Crippen MR) is 89.8 cm³/mol. The number of para-hydroxylation sites is 1. The number of carbonyl (C=O) groups is 1.